The third-order valence-corrected chi connectivity index (χ3v) is 3.54. The molecule has 0 aromatic heterocycles. The van der Waals surface area contributed by atoms with E-state index in [4.69, 9.17) is 5.73 Å². The number of carbonyl (C=O) groups excluding carboxylic acids is 1. The summed E-state index contributed by atoms with van der Waals surface area (Å²) < 4.78 is 0. The summed E-state index contributed by atoms with van der Waals surface area (Å²) in [4.78, 5) is 22.4. The normalized spacial score (nSPS) is 12.0. The number of nitrogens with one attached hydrogen (secondary N) is 1. The van der Waals surface area contributed by atoms with Crippen molar-refractivity contribution in [2.24, 2.45) is 11.7 Å². The topological polar surface area (TPSA) is 98.3 Å². The van der Waals surface area contributed by atoms with Crippen molar-refractivity contribution in [3.8, 4) is 0 Å². The van der Waals surface area contributed by atoms with Gasteiger partial charge in [0.2, 0.25) is 5.91 Å². The lowest BCUT2D eigenvalue weighted by Crippen LogP contribution is -2.15. The number of hydrogen-bond acceptors (Lipinski definition) is 4. The van der Waals surface area contributed by atoms with E-state index in [2.05, 4.69) is 12.2 Å². The van der Waals surface area contributed by atoms with E-state index in [1.165, 1.54) is 6.07 Å². The predicted octanol–water partition coefficient (Wildman–Crippen LogP) is 2.92. The van der Waals surface area contributed by atoms with Gasteiger partial charge in [0.15, 0.2) is 0 Å². The van der Waals surface area contributed by atoms with Crippen molar-refractivity contribution in [2.45, 2.75) is 40.0 Å². The molecule has 1 unspecified atom stereocenters. The molecule has 0 aliphatic carbocycles. The van der Waals surface area contributed by atoms with E-state index < -0.39 is 4.92 Å². The van der Waals surface area contributed by atoms with Gasteiger partial charge in [-0.3, -0.25) is 14.9 Å². The first kappa shape index (κ1) is 17.1. The van der Waals surface area contributed by atoms with E-state index >= 15 is 0 Å². The van der Waals surface area contributed by atoms with E-state index in [1.54, 1.807) is 19.9 Å². The molecule has 0 bridgehead atoms. The minimum absolute atomic E-state index is 0.0714. The molecule has 116 valence electrons. The molecule has 0 spiro atoms. The van der Waals surface area contributed by atoms with Crippen molar-refractivity contribution in [3.05, 3.63) is 33.4 Å². The van der Waals surface area contributed by atoms with Crippen LogP contribution in [0.5, 0.6) is 0 Å². The van der Waals surface area contributed by atoms with Crippen LogP contribution in [-0.2, 0) is 4.79 Å². The molecule has 0 saturated carbocycles. The van der Waals surface area contributed by atoms with E-state index in [9.17, 15) is 14.9 Å². The number of anilines is 1. The quantitative estimate of drug-likeness (QED) is 0.596. The van der Waals surface area contributed by atoms with Crippen LogP contribution in [0.25, 0.3) is 0 Å². The van der Waals surface area contributed by atoms with Crippen LogP contribution in [0.4, 0.5) is 11.4 Å². The maximum atomic E-state index is 11.9. The Balaban J connectivity index is 2.68. The second-order valence-electron chi connectivity index (χ2n) is 5.48. The predicted molar refractivity (Wildman–Crippen MR) is 83.3 cm³/mol. The summed E-state index contributed by atoms with van der Waals surface area (Å²) in [5, 5.41) is 13.7. The first-order valence-electron chi connectivity index (χ1n) is 7.10. The lowest BCUT2D eigenvalue weighted by atomic mass is 10.0. The van der Waals surface area contributed by atoms with Gasteiger partial charge >= 0.3 is 0 Å². The van der Waals surface area contributed by atoms with Gasteiger partial charge in [0.05, 0.1) is 4.92 Å². The van der Waals surface area contributed by atoms with E-state index in [1.807, 2.05) is 0 Å². The summed E-state index contributed by atoms with van der Waals surface area (Å²) in [6, 6.07) is 3.14. The highest BCUT2D eigenvalue weighted by Crippen LogP contribution is 2.26. The number of nitrogens with zero attached hydrogens (tertiary/aromatic N) is 1. The largest absolute Gasteiger partial charge is 0.330 e. The van der Waals surface area contributed by atoms with Crippen LogP contribution in [0.3, 0.4) is 0 Å². The van der Waals surface area contributed by atoms with Crippen LogP contribution in [-0.4, -0.2) is 17.4 Å². The highest BCUT2D eigenvalue weighted by Gasteiger charge is 2.15. The van der Waals surface area contributed by atoms with Gasteiger partial charge in [0.1, 0.15) is 0 Å². The van der Waals surface area contributed by atoms with Crippen molar-refractivity contribution < 1.29 is 9.72 Å². The van der Waals surface area contributed by atoms with Gasteiger partial charge in [-0.05, 0) is 50.8 Å². The molecule has 1 rings (SSSR count). The minimum atomic E-state index is -0.414. The van der Waals surface area contributed by atoms with Crippen molar-refractivity contribution in [1.29, 1.82) is 0 Å². The Labute approximate surface area is 124 Å². The van der Waals surface area contributed by atoms with Gasteiger partial charge in [0.25, 0.3) is 5.69 Å². The zero-order valence-electron chi connectivity index (χ0n) is 12.8. The maximum absolute atomic E-state index is 11.9. The molecule has 6 heteroatoms. The molecular formula is C15H23N3O3. The van der Waals surface area contributed by atoms with Gasteiger partial charge < -0.3 is 11.1 Å². The molecule has 6 nitrogen and oxygen atoms in total. The second kappa shape index (κ2) is 7.73. The number of benzene rings is 1. The third-order valence-electron chi connectivity index (χ3n) is 3.54. The highest BCUT2D eigenvalue weighted by molar-refractivity contribution is 5.91. The van der Waals surface area contributed by atoms with Crippen molar-refractivity contribution in [1.82, 2.24) is 0 Å². The Morgan fingerprint density at radius 2 is 2.00 bits per heavy atom. The van der Waals surface area contributed by atoms with E-state index in [0.717, 1.165) is 12.8 Å². The lowest BCUT2D eigenvalue weighted by Gasteiger charge is -2.12. The molecule has 1 amide bonds. The van der Waals surface area contributed by atoms with Gasteiger partial charge in [-0.15, -0.1) is 0 Å². The Morgan fingerprint density at radius 1 is 1.33 bits per heavy atom. The Bertz CT molecular complexity index is 529. The summed E-state index contributed by atoms with van der Waals surface area (Å²) >= 11 is 0. The molecular weight excluding hydrogens is 270 g/mol. The summed E-state index contributed by atoms with van der Waals surface area (Å²) in [7, 11) is 0. The van der Waals surface area contributed by atoms with Gasteiger partial charge in [-0.25, -0.2) is 0 Å². The van der Waals surface area contributed by atoms with Crippen LogP contribution in [0.15, 0.2) is 12.1 Å². The summed E-state index contributed by atoms with van der Waals surface area (Å²) in [5.41, 5.74) is 7.41. The zero-order chi connectivity index (χ0) is 16.0. The fourth-order valence-electron chi connectivity index (χ4n) is 2.15. The molecule has 21 heavy (non-hydrogen) atoms. The summed E-state index contributed by atoms with van der Waals surface area (Å²) in [6.45, 7) is 6.11. The lowest BCUT2D eigenvalue weighted by molar-refractivity contribution is -0.385. The molecule has 1 aromatic carbocycles. The molecule has 0 aliphatic heterocycles. The summed E-state index contributed by atoms with van der Waals surface area (Å²) in [6.07, 6.45) is 2.12. The zero-order valence-corrected chi connectivity index (χ0v) is 12.8. The molecule has 0 fully saturated rings. The van der Waals surface area contributed by atoms with Crippen molar-refractivity contribution in [2.75, 3.05) is 11.9 Å². The number of nitrogens with two attached hydrogens (primary N) is 1. The Kier molecular flexibility index (Phi) is 6.30. The Morgan fingerprint density at radius 3 is 2.57 bits per heavy atom. The second-order valence-corrected chi connectivity index (χ2v) is 5.48. The number of rotatable bonds is 7. The van der Waals surface area contributed by atoms with Gasteiger partial charge in [-0.2, -0.15) is 0 Å². The molecule has 3 N–H and O–H groups in total. The molecule has 0 aliphatic rings. The maximum Gasteiger partial charge on any atom is 0.272 e. The molecule has 1 aromatic rings. The van der Waals surface area contributed by atoms with Crippen LogP contribution < -0.4 is 11.1 Å². The average molecular weight is 293 g/mol. The smallest absolute Gasteiger partial charge is 0.272 e. The minimum Gasteiger partial charge on any atom is -0.330 e. The van der Waals surface area contributed by atoms with Crippen LogP contribution in [0.2, 0.25) is 0 Å². The number of nitro groups is 1. The third kappa shape index (κ3) is 5.15. The van der Waals surface area contributed by atoms with Crippen molar-refractivity contribution in [3.63, 3.8) is 0 Å². The average Bonchev–Trinajstić information content (AvgIpc) is 2.40. The highest BCUT2D eigenvalue weighted by atomic mass is 16.6. The molecule has 0 heterocycles. The monoisotopic (exact) mass is 293 g/mol. The fraction of sp³-hybridized carbons (Fsp3) is 0.533. The Hall–Kier alpha value is -1.95. The first-order chi connectivity index (χ1) is 9.85. The van der Waals surface area contributed by atoms with Crippen LogP contribution >= 0.6 is 0 Å². The van der Waals surface area contributed by atoms with E-state index in [0.29, 0.717) is 35.7 Å². The van der Waals surface area contributed by atoms with E-state index in [-0.39, 0.29) is 11.6 Å². The fourth-order valence-corrected chi connectivity index (χ4v) is 2.15. The number of nitro benzene ring substituents is 1. The molecule has 0 radical (unpaired) electrons. The summed E-state index contributed by atoms with van der Waals surface area (Å²) in [5.74, 6) is 0.343. The van der Waals surface area contributed by atoms with Crippen LogP contribution in [0.1, 0.15) is 37.3 Å². The van der Waals surface area contributed by atoms with Gasteiger partial charge in [-0.1, -0.05) is 6.92 Å². The number of amides is 1. The standard InChI is InChI=1S/C15H23N3O3/c1-10(6-7-16)4-5-15(19)17-13-8-12(3)14(18(20)21)9-11(13)2/h8-10H,4-7,16H2,1-3H3,(H,17,19). The first-order valence-corrected chi connectivity index (χ1v) is 7.10. The SMILES string of the molecule is Cc1cc([N+](=O)[O-])c(C)cc1NC(=O)CCC(C)CCN. The number of carbonyl (C=O) groups is 1. The molecule has 1 atom stereocenters. The van der Waals surface area contributed by atoms with Gasteiger partial charge in [0, 0.05) is 23.7 Å². The van der Waals surface area contributed by atoms with Crippen molar-refractivity contribution >= 4 is 17.3 Å². The van der Waals surface area contributed by atoms with Crippen LogP contribution in [0, 0.1) is 29.9 Å². The number of aryl methyl sites for hydroxylation is 2. The number of hydrogen-bond donors (Lipinski definition) is 2. The molecule has 0 saturated heterocycles.